The van der Waals surface area contributed by atoms with Gasteiger partial charge in [0, 0.05) is 33.2 Å². The number of fused-ring (bicyclic) bond motifs is 2. The molecule has 0 bridgehead atoms. The van der Waals surface area contributed by atoms with E-state index in [4.69, 9.17) is 15.8 Å². The fourth-order valence-corrected chi connectivity index (χ4v) is 3.89. The van der Waals surface area contributed by atoms with Gasteiger partial charge in [0.1, 0.15) is 5.75 Å². The molecule has 3 aromatic rings. The third-order valence-corrected chi connectivity index (χ3v) is 4.84. The Kier molecular flexibility index (Phi) is 2.94. The Morgan fingerprint density at radius 3 is 2.77 bits per heavy atom. The van der Waals surface area contributed by atoms with Gasteiger partial charge in [-0.2, -0.15) is 13.1 Å². The molecule has 0 amide bonds. The van der Waals surface area contributed by atoms with Gasteiger partial charge in [-0.3, -0.25) is 0 Å². The van der Waals surface area contributed by atoms with Crippen LogP contribution in [0.4, 0.5) is 0 Å². The lowest BCUT2D eigenvalue weighted by molar-refractivity contribution is 0.442. The molecule has 0 aliphatic carbocycles. The van der Waals surface area contributed by atoms with Gasteiger partial charge in [0.2, 0.25) is 0 Å². The summed E-state index contributed by atoms with van der Waals surface area (Å²) in [5, 5.41) is 1.47. The average Bonchev–Trinajstić information content (AvgIpc) is 2.90. The van der Waals surface area contributed by atoms with Crippen molar-refractivity contribution < 1.29 is 12.6 Å². The molecule has 0 fully saturated rings. The number of nitrogens with one attached hydrogen (secondary N) is 2. The second kappa shape index (κ2) is 4.74. The van der Waals surface area contributed by atoms with E-state index in [0.717, 1.165) is 16.5 Å². The van der Waals surface area contributed by atoms with Gasteiger partial charge in [0.05, 0.1) is 6.04 Å². The van der Waals surface area contributed by atoms with Crippen molar-refractivity contribution in [2.24, 2.45) is 0 Å². The molecule has 112 valence electrons. The van der Waals surface area contributed by atoms with Crippen molar-refractivity contribution in [1.82, 2.24) is 9.71 Å². The molecule has 1 atom stereocenters. The van der Waals surface area contributed by atoms with Crippen molar-refractivity contribution >= 4 is 32.8 Å². The SMILES string of the molecule is O=S1(=O)NC(c2c[nH]c3ccccc23)c2cc(Cl)ccc2O1. The summed E-state index contributed by atoms with van der Waals surface area (Å²) >= 11 is 6.05. The Labute approximate surface area is 132 Å². The van der Waals surface area contributed by atoms with E-state index in [9.17, 15) is 8.42 Å². The largest absolute Gasteiger partial charge is 0.383 e. The van der Waals surface area contributed by atoms with Crippen LogP contribution in [0.3, 0.4) is 0 Å². The molecular formula is C15H11ClN2O3S. The van der Waals surface area contributed by atoms with Crippen LogP contribution in [0.15, 0.2) is 48.7 Å². The number of aromatic amines is 1. The molecule has 2 heterocycles. The lowest BCUT2D eigenvalue weighted by atomic mass is 9.98. The third kappa shape index (κ3) is 2.16. The molecule has 7 heteroatoms. The summed E-state index contributed by atoms with van der Waals surface area (Å²) < 4.78 is 31.5. The summed E-state index contributed by atoms with van der Waals surface area (Å²) in [7, 11) is -3.86. The number of H-pyrrole nitrogens is 1. The Morgan fingerprint density at radius 2 is 1.91 bits per heavy atom. The number of benzene rings is 2. The maximum atomic E-state index is 12.0. The molecular weight excluding hydrogens is 324 g/mol. The second-order valence-electron chi connectivity index (χ2n) is 5.06. The van der Waals surface area contributed by atoms with Crippen molar-refractivity contribution in [3.63, 3.8) is 0 Å². The van der Waals surface area contributed by atoms with Crippen LogP contribution in [0.1, 0.15) is 17.2 Å². The van der Waals surface area contributed by atoms with Crippen molar-refractivity contribution in [2.45, 2.75) is 6.04 Å². The first-order chi connectivity index (χ1) is 10.5. The molecule has 1 unspecified atom stereocenters. The number of aromatic nitrogens is 1. The third-order valence-electron chi connectivity index (χ3n) is 3.68. The van der Waals surface area contributed by atoms with E-state index in [1.165, 1.54) is 0 Å². The summed E-state index contributed by atoms with van der Waals surface area (Å²) in [6.07, 6.45) is 1.80. The minimum Gasteiger partial charge on any atom is -0.371 e. The molecule has 1 aliphatic heterocycles. The van der Waals surface area contributed by atoms with Crippen LogP contribution in [-0.4, -0.2) is 13.4 Å². The van der Waals surface area contributed by atoms with Crippen molar-refractivity contribution in [3.8, 4) is 5.75 Å². The maximum absolute atomic E-state index is 12.0. The van der Waals surface area contributed by atoms with Gasteiger partial charge in [0.15, 0.2) is 0 Å². The molecule has 2 N–H and O–H groups in total. The first-order valence-electron chi connectivity index (χ1n) is 6.61. The fraction of sp³-hybridized carbons (Fsp3) is 0.0667. The molecule has 0 saturated heterocycles. The molecule has 2 aromatic carbocycles. The van der Waals surface area contributed by atoms with Crippen LogP contribution < -0.4 is 8.91 Å². The van der Waals surface area contributed by atoms with Crippen molar-refractivity contribution in [1.29, 1.82) is 0 Å². The number of halogens is 1. The van der Waals surface area contributed by atoms with Gasteiger partial charge >= 0.3 is 10.3 Å². The van der Waals surface area contributed by atoms with Crippen LogP contribution in [0.25, 0.3) is 10.9 Å². The predicted octanol–water partition coefficient (Wildman–Crippen LogP) is 3.14. The van der Waals surface area contributed by atoms with Gasteiger partial charge in [0.25, 0.3) is 0 Å². The zero-order valence-electron chi connectivity index (χ0n) is 11.2. The molecule has 5 nitrogen and oxygen atoms in total. The van der Waals surface area contributed by atoms with Gasteiger partial charge in [-0.1, -0.05) is 29.8 Å². The smallest absolute Gasteiger partial charge is 0.371 e. The average molecular weight is 335 g/mol. The fourth-order valence-electron chi connectivity index (χ4n) is 2.73. The number of hydrogen-bond acceptors (Lipinski definition) is 3. The van der Waals surface area contributed by atoms with Crippen LogP contribution in [0.5, 0.6) is 5.75 Å². The monoisotopic (exact) mass is 334 g/mol. The zero-order valence-corrected chi connectivity index (χ0v) is 12.8. The normalized spacial score (nSPS) is 19.6. The second-order valence-corrected chi connectivity index (χ2v) is 6.81. The standard InChI is InChI=1S/C15H11ClN2O3S/c16-9-5-6-14-11(7-9)15(18-22(19,20)21-14)12-8-17-13-4-2-1-3-10(12)13/h1-8,15,17-18H. The highest BCUT2D eigenvalue weighted by molar-refractivity contribution is 7.85. The molecule has 0 spiro atoms. The first-order valence-corrected chi connectivity index (χ1v) is 8.39. The zero-order chi connectivity index (χ0) is 15.3. The summed E-state index contributed by atoms with van der Waals surface area (Å²) in [6, 6.07) is 12.0. The molecule has 0 saturated carbocycles. The van der Waals surface area contributed by atoms with Gasteiger partial charge in [-0.05, 0) is 24.3 Å². The van der Waals surface area contributed by atoms with E-state index in [1.54, 1.807) is 24.4 Å². The number of rotatable bonds is 1. The Morgan fingerprint density at radius 1 is 1.09 bits per heavy atom. The Hall–Kier alpha value is -2.02. The highest BCUT2D eigenvalue weighted by Gasteiger charge is 2.33. The molecule has 22 heavy (non-hydrogen) atoms. The van der Waals surface area contributed by atoms with Gasteiger partial charge in [-0.15, -0.1) is 0 Å². The summed E-state index contributed by atoms with van der Waals surface area (Å²) in [5.41, 5.74) is 2.45. The van der Waals surface area contributed by atoms with Crippen LogP contribution in [0, 0.1) is 0 Å². The van der Waals surface area contributed by atoms with Gasteiger partial charge in [-0.25, -0.2) is 0 Å². The van der Waals surface area contributed by atoms with Crippen LogP contribution >= 0.6 is 11.6 Å². The maximum Gasteiger partial charge on any atom is 0.383 e. The van der Waals surface area contributed by atoms with Crippen molar-refractivity contribution in [2.75, 3.05) is 0 Å². The minimum atomic E-state index is -3.86. The minimum absolute atomic E-state index is 0.290. The number of para-hydroxylation sites is 1. The van der Waals surface area contributed by atoms with E-state index >= 15 is 0 Å². The lowest BCUT2D eigenvalue weighted by Gasteiger charge is -2.26. The Balaban J connectivity index is 1.96. The Bertz CT molecular complexity index is 981. The van der Waals surface area contributed by atoms with Crippen LogP contribution in [-0.2, 0) is 10.3 Å². The highest BCUT2D eigenvalue weighted by Crippen LogP contribution is 2.39. The van der Waals surface area contributed by atoms with Crippen LogP contribution in [0.2, 0.25) is 5.02 Å². The quantitative estimate of drug-likeness (QED) is 0.718. The topological polar surface area (TPSA) is 71.2 Å². The van der Waals surface area contributed by atoms with E-state index in [0.29, 0.717) is 16.3 Å². The predicted molar refractivity (Wildman–Crippen MR) is 84.3 cm³/mol. The molecule has 1 aromatic heterocycles. The lowest BCUT2D eigenvalue weighted by Crippen LogP contribution is -2.37. The van der Waals surface area contributed by atoms with Crippen molar-refractivity contribution in [3.05, 3.63) is 64.8 Å². The summed E-state index contributed by atoms with van der Waals surface area (Å²) in [5.74, 6) is 0.290. The van der Waals surface area contributed by atoms with E-state index in [-0.39, 0.29) is 0 Å². The van der Waals surface area contributed by atoms with Gasteiger partial charge < -0.3 is 9.17 Å². The highest BCUT2D eigenvalue weighted by atomic mass is 35.5. The van der Waals surface area contributed by atoms with E-state index in [2.05, 4.69) is 9.71 Å². The molecule has 0 radical (unpaired) electrons. The summed E-state index contributed by atoms with van der Waals surface area (Å²) in [6.45, 7) is 0. The first kappa shape index (κ1) is 13.6. The summed E-state index contributed by atoms with van der Waals surface area (Å²) in [4.78, 5) is 3.15. The van der Waals surface area contributed by atoms with E-state index < -0.39 is 16.3 Å². The number of hydrogen-bond donors (Lipinski definition) is 2. The van der Waals surface area contributed by atoms with E-state index in [1.807, 2.05) is 24.3 Å². The molecule has 1 aliphatic rings. The molecule has 4 rings (SSSR count).